The number of nitrogens with one attached hydrogen (secondary N) is 3. The molecule has 30 heavy (non-hydrogen) atoms. The van der Waals surface area contributed by atoms with E-state index in [0.717, 1.165) is 31.6 Å². The Morgan fingerprint density at radius 3 is 2.87 bits per heavy atom. The Bertz CT molecular complexity index is 904. The first kappa shape index (κ1) is 21.5. The van der Waals surface area contributed by atoms with Crippen molar-refractivity contribution in [3.63, 3.8) is 0 Å². The standard InChI is InChI=1S/C21H28N6O3/c1-4-23-21(29)26-19-11-15(7-9-24-19)12-27-10-8-16(13-27)30-18-6-5-17(20(28)22-3)25-14(18)2/h5-7,9,11,16H,4,8,10,12-13H2,1-3H3,(H,22,28)(H2,23,24,26,29). The number of anilines is 1. The molecule has 1 aliphatic rings. The molecule has 9 heteroatoms. The Kier molecular flexibility index (Phi) is 7.18. The highest BCUT2D eigenvalue weighted by Gasteiger charge is 2.25. The summed E-state index contributed by atoms with van der Waals surface area (Å²) < 4.78 is 6.13. The van der Waals surface area contributed by atoms with Gasteiger partial charge < -0.3 is 15.4 Å². The maximum atomic E-state index is 11.7. The Morgan fingerprint density at radius 1 is 1.30 bits per heavy atom. The molecule has 0 spiro atoms. The number of aryl methyl sites for hydroxylation is 1. The van der Waals surface area contributed by atoms with Crippen LogP contribution in [0.5, 0.6) is 5.75 Å². The predicted molar refractivity (Wildman–Crippen MR) is 114 cm³/mol. The second kappa shape index (κ2) is 10.0. The van der Waals surface area contributed by atoms with Crippen molar-refractivity contribution in [2.45, 2.75) is 32.9 Å². The third-order valence-electron chi connectivity index (χ3n) is 4.83. The average Bonchev–Trinajstić information content (AvgIpc) is 3.16. The van der Waals surface area contributed by atoms with Crippen LogP contribution in [-0.2, 0) is 6.54 Å². The van der Waals surface area contributed by atoms with Gasteiger partial charge in [0.05, 0.1) is 5.69 Å². The molecule has 0 saturated carbocycles. The normalized spacial score (nSPS) is 16.2. The highest BCUT2D eigenvalue weighted by molar-refractivity contribution is 5.92. The maximum absolute atomic E-state index is 11.7. The third-order valence-corrected chi connectivity index (χ3v) is 4.83. The summed E-state index contributed by atoms with van der Waals surface area (Å²) in [5, 5.41) is 7.99. The number of hydrogen-bond acceptors (Lipinski definition) is 6. The lowest BCUT2D eigenvalue weighted by Gasteiger charge is -2.18. The fourth-order valence-electron chi connectivity index (χ4n) is 3.36. The van der Waals surface area contributed by atoms with Crippen molar-refractivity contribution in [1.82, 2.24) is 25.5 Å². The van der Waals surface area contributed by atoms with Crippen LogP contribution in [0.15, 0.2) is 30.5 Å². The van der Waals surface area contributed by atoms with Crippen LogP contribution in [0.25, 0.3) is 0 Å². The second-order valence-electron chi connectivity index (χ2n) is 7.16. The second-order valence-corrected chi connectivity index (χ2v) is 7.16. The van der Waals surface area contributed by atoms with Gasteiger partial charge in [-0.05, 0) is 50.1 Å². The molecule has 3 N–H and O–H groups in total. The van der Waals surface area contributed by atoms with Crippen molar-refractivity contribution in [2.75, 3.05) is 32.0 Å². The minimum absolute atomic E-state index is 0.0612. The molecule has 0 bridgehead atoms. The smallest absolute Gasteiger partial charge is 0.320 e. The summed E-state index contributed by atoms with van der Waals surface area (Å²) in [6.07, 6.45) is 2.67. The first-order valence-electron chi connectivity index (χ1n) is 10.1. The molecule has 1 fully saturated rings. The first-order chi connectivity index (χ1) is 14.5. The fourth-order valence-corrected chi connectivity index (χ4v) is 3.36. The predicted octanol–water partition coefficient (Wildman–Crippen LogP) is 1.94. The Balaban J connectivity index is 1.55. The number of urea groups is 1. The molecule has 2 aromatic rings. The minimum atomic E-state index is -0.261. The number of carbonyl (C=O) groups excluding carboxylic acids is 2. The minimum Gasteiger partial charge on any atom is -0.487 e. The van der Waals surface area contributed by atoms with E-state index in [0.29, 0.717) is 29.5 Å². The van der Waals surface area contributed by atoms with Crippen LogP contribution in [-0.4, -0.2) is 59.6 Å². The third kappa shape index (κ3) is 5.66. The molecule has 9 nitrogen and oxygen atoms in total. The van der Waals surface area contributed by atoms with Crippen molar-refractivity contribution in [3.8, 4) is 5.75 Å². The Labute approximate surface area is 176 Å². The summed E-state index contributed by atoms with van der Waals surface area (Å²) in [6.45, 7) is 6.72. The molecule has 160 valence electrons. The number of hydrogen-bond donors (Lipinski definition) is 3. The van der Waals surface area contributed by atoms with E-state index in [-0.39, 0.29) is 18.0 Å². The van der Waals surface area contributed by atoms with E-state index in [4.69, 9.17) is 4.74 Å². The van der Waals surface area contributed by atoms with Crippen LogP contribution < -0.4 is 20.7 Å². The number of aromatic nitrogens is 2. The first-order valence-corrected chi connectivity index (χ1v) is 10.1. The quantitative estimate of drug-likeness (QED) is 0.641. The van der Waals surface area contributed by atoms with Gasteiger partial charge in [0.1, 0.15) is 23.4 Å². The van der Waals surface area contributed by atoms with E-state index in [1.54, 1.807) is 25.4 Å². The highest BCUT2D eigenvalue weighted by Crippen LogP contribution is 2.23. The van der Waals surface area contributed by atoms with Gasteiger partial charge in [-0.25, -0.2) is 14.8 Å². The van der Waals surface area contributed by atoms with Crippen LogP contribution in [0.1, 0.15) is 35.1 Å². The zero-order valence-electron chi connectivity index (χ0n) is 17.6. The highest BCUT2D eigenvalue weighted by atomic mass is 16.5. The van der Waals surface area contributed by atoms with Gasteiger partial charge in [-0.3, -0.25) is 15.0 Å². The van der Waals surface area contributed by atoms with Crippen LogP contribution in [0.3, 0.4) is 0 Å². The topological polar surface area (TPSA) is 108 Å². The maximum Gasteiger partial charge on any atom is 0.320 e. The van der Waals surface area contributed by atoms with Gasteiger partial charge in [0.25, 0.3) is 5.91 Å². The monoisotopic (exact) mass is 412 g/mol. The number of ether oxygens (including phenoxy) is 1. The summed E-state index contributed by atoms with van der Waals surface area (Å²) in [4.78, 5) is 34.2. The molecule has 3 heterocycles. The van der Waals surface area contributed by atoms with Gasteiger partial charge >= 0.3 is 6.03 Å². The van der Waals surface area contributed by atoms with E-state index >= 15 is 0 Å². The summed E-state index contributed by atoms with van der Waals surface area (Å²) >= 11 is 0. The zero-order chi connectivity index (χ0) is 21.5. The van der Waals surface area contributed by atoms with Gasteiger partial charge in [-0.15, -0.1) is 0 Å². The lowest BCUT2D eigenvalue weighted by molar-refractivity contribution is 0.0957. The number of nitrogens with zero attached hydrogens (tertiary/aromatic N) is 3. The molecule has 1 saturated heterocycles. The van der Waals surface area contributed by atoms with Crippen LogP contribution in [0, 0.1) is 6.92 Å². The number of carbonyl (C=O) groups is 2. The van der Waals surface area contributed by atoms with Crippen LogP contribution in [0.4, 0.5) is 10.6 Å². The molecule has 0 aromatic carbocycles. The van der Waals surface area contributed by atoms with Crippen LogP contribution in [0.2, 0.25) is 0 Å². The van der Waals surface area contributed by atoms with Crippen molar-refractivity contribution in [3.05, 3.63) is 47.4 Å². The molecule has 2 aromatic heterocycles. The lowest BCUT2D eigenvalue weighted by Crippen LogP contribution is -2.28. The van der Waals surface area contributed by atoms with E-state index in [9.17, 15) is 9.59 Å². The number of likely N-dealkylation sites (tertiary alicyclic amines) is 1. The largest absolute Gasteiger partial charge is 0.487 e. The van der Waals surface area contributed by atoms with E-state index < -0.39 is 0 Å². The Hall–Kier alpha value is -3.20. The molecule has 3 amide bonds. The van der Waals surface area contributed by atoms with E-state index in [1.165, 1.54) is 0 Å². The van der Waals surface area contributed by atoms with Gasteiger partial charge in [-0.2, -0.15) is 0 Å². The summed E-state index contributed by atoms with van der Waals surface area (Å²) in [5.41, 5.74) is 2.15. The molecule has 1 aliphatic heterocycles. The number of rotatable bonds is 7. The van der Waals surface area contributed by atoms with E-state index in [2.05, 4.69) is 30.8 Å². The molecule has 0 radical (unpaired) electrons. The fraction of sp³-hybridized carbons (Fsp3) is 0.429. The zero-order valence-corrected chi connectivity index (χ0v) is 17.6. The lowest BCUT2D eigenvalue weighted by atomic mass is 10.2. The van der Waals surface area contributed by atoms with Crippen molar-refractivity contribution in [1.29, 1.82) is 0 Å². The summed E-state index contributed by atoms with van der Waals surface area (Å²) in [5.74, 6) is 1.02. The van der Waals surface area contributed by atoms with Crippen molar-refractivity contribution in [2.24, 2.45) is 0 Å². The molecular weight excluding hydrogens is 384 g/mol. The average molecular weight is 412 g/mol. The molecule has 0 aliphatic carbocycles. The summed E-state index contributed by atoms with van der Waals surface area (Å²) in [6, 6.07) is 7.05. The van der Waals surface area contributed by atoms with Gasteiger partial charge in [0.2, 0.25) is 0 Å². The van der Waals surface area contributed by atoms with Crippen molar-refractivity contribution < 1.29 is 14.3 Å². The Morgan fingerprint density at radius 2 is 2.13 bits per heavy atom. The number of amides is 3. The van der Waals surface area contributed by atoms with E-state index in [1.807, 2.05) is 26.0 Å². The summed E-state index contributed by atoms with van der Waals surface area (Å²) in [7, 11) is 1.58. The SMILES string of the molecule is CCNC(=O)Nc1cc(CN2CCC(Oc3ccc(C(=O)NC)nc3C)C2)ccn1. The molecular formula is C21H28N6O3. The van der Waals surface area contributed by atoms with Gasteiger partial charge in [-0.1, -0.05) is 0 Å². The molecule has 1 atom stereocenters. The molecule has 1 unspecified atom stereocenters. The van der Waals surface area contributed by atoms with Gasteiger partial charge in [0, 0.05) is 39.4 Å². The van der Waals surface area contributed by atoms with Gasteiger partial charge in [0.15, 0.2) is 0 Å². The molecule has 3 rings (SSSR count). The number of pyridine rings is 2. The van der Waals surface area contributed by atoms with Crippen molar-refractivity contribution >= 4 is 17.8 Å². The van der Waals surface area contributed by atoms with Crippen LogP contribution >= 0.6 is 0 Å².